The molecule has 0 atom stereocenters. The van der Waals surface area contributed by atoms with Gasteiger partial charge in [0.15, 0.2) is 5.16 Å². The maximum absolute atomic E-state index is 13.5. The number of benzene rings is 2. The molecule has 0 fully saturated rings. The Bertz CT molecular complexity index is 1380. The first-order valence-corrected chi connectivity index (χ1v) is 11.9. The van der Waals surface area contributed by atoms with Crippen LogP contribution in [0.4, 0.5) is 5.69 Å². The lowest BCUT2D eigenvalue weighted by Gasteiger charge is -2.13. The lowest BCUT2D eigenvalue weighted by atomic mass is 10.2. The van der Waals surface area contributed by atoms with Gasteiger partial charge in [-0.15, -0.1) is 11.3 Å². The number of thioether (sulfide) groups is 1. The third kappa shape index (κ3) is 4.39. The molecular weight excluding hydrogens is 466 g/mol. The second-order valence-electron chi connectivity index (χ2n) is 7.02. The van der Waals surface area contributed by atoms with Crippen molar-refractivity contribution in [1.29, 1.82) is 0 Å². The smallest absolute Gasteiger partial charge is 0.267 e. The average Bonchev–Trinajstić information content (AvgIpc) is 3.06. The number of aryl methyl sites for hydroxylation is 2. The van der Waals surface area contributed by atoms with Gasteiger partial charge in [-0.05, 0) is 49.7 Å². The normalized spacial score (nSPS) is 11.0. The lowest BCUT2D eigenvalue weighted by molar-refractivity contribution is -0.113. The molecule has 164 valence electrons. The number of nitrogens with zero attached hydrogens (tertiary/aromatic N) is 2. The number of fused-ring (bicyclic) bond motifs is 1. The number of aromatic nitrogens is 2. The first kappa shape index (κ1) is 22.4. The van der Waals surface area contributed by atoms with Crippen molar-refractivity contribution in [2.75, 3.05) is 18.2 Å². The number of amides is 1. The number of carbonyl (C=O) groups excluding carboxylic acids is 1. The van der Waals surface area contributed by atoms with Crippen LogP contribution in [0.25, 0.3) is 15.9 Å². The van der Waals surface area contributed by atoms with Crippen LogP contribution in [0.1, 0.15) is 10.4 Å². The average molecular weight is 486 g/mol. The predicted molar refractivity (Wildman–Crippen MR) is 132 cm³/mol. The van der Waals surface area contributed by atoms with Crippen LogP contribution in [0, 0.1) is 13.8 Å². The van der Waals surface area contributed by atoms with E-state index in [1.807, 2.05) is 26.0 Å². The first-order chi connectivity index (χ1) is 15.4. The number of ether oxygens (including phenoxy) is 1. The number of carbonyl (C=O) groups is 1. The fourth-order valence-electron chi connectivity index (χ4n) is 3.28. The van der Waals surface area contributed by atoms with Gasteiger partial charge in [0.2, 0.25) is 5.91 Å². The minimum atomic E-state index is -0.231. The highest BCUT2D eigenvalue weighted by Gasteiger charge is 2.19. The third-order valence-electron chi connectivity index (χ3n) is 4.95. The molecule has 0 unspecified atom stereocenters. The Hall–Kier alpha value is -2.81. The van der Waals surface area contributed by atoms with Gasteiger partial charge in [-0.3, -0.25) is 14.2 Å². The van der Waals surface area contributed by atoms with Gasteiger partial charge in [0.25, 0.3) is 5.56 Å². The molecular formula is C23H20ClN3O3S2. The second kappa shape index (κ2) is 9.36. The van der Waals surface area contributed by atoms with Crippen LogP contribution in [0.15, 0.2) is 58.5 Å². The summed E-state index contributed by atoms with van der Waals surface area (Å²) < 4.78 is 6.81. The molecule has 2 aromatic heterocycles. The standard InChI is InChI=1S/C23H20ClN3O3S2/c1-13-14(2)32-21-20(13)22(29)27(16-8-6-7-15(24)11-16)23(26-21)31-12-19(28)25-17-9-4-5-10-18(17)30-3/h4-11H,12H2,1-3H3,(H,25,28). The van der Waals surface area contributed by atoms with E-state index < -0.39 is 0 Å². The van der Waals surface area contributed by atoms with Crippen LogP contribution < -0.4 is 15.6 Å². The largest absolute Gasteiger partial charge is 0.495 e. The van der Waals surface area contributed by atoms with Gasteiger partial charge in [0.1, 0.15) is 10.6 Å². The number of halogens is 1. The SMILES string of the molecule is COc1ccccc1NC(=O)CSc1nc2sc(C)c(C)c2c(=O)n1-c1cccc(Cl)c1. The molecule has 9 heteroatoms. The van der Waals surface area contributed by atoms with Gasteiger partial charge in [-0.1, -0.05) is 41.6 Å². The minimum Gasteiger partial charge on any atom is -0.495 e. The molecule has 0 saturated heterocycles. The Morgan fingerprint density at radius 1 is 1.22 bits per heavy atom. The van der Waals surface area contributed by atoms with Crippen molar-refractivity contribution in [3.8, 4) is 11.4 Å². The molecule has 0 aliphatic heterocycles. The molecule has 4 aromatic rings. The van der Waals surface area contributed by atoms with E-state index in [0.29, 0.717) is 37.5 Å². The highest BCUT2D eigenvalue weighted by molar-refractivity contribution is 7.99. The number of anilines is 1. The molecule has 0 radical (unpaired) electrons. The lowest BCUT2D eigenvalue weighted by Crippen LogP contribution is -2.23. The van der Waals surface area contributed by atoms with Crippen molar-refractivity contribution in [1.82, 2.24) is 9.55 Å². The fraction of sp³-hybridized carbons (Fsp3) is 0.174. The Labute approximate surface area is 198 Å². The molecule has 0 bridgehead atoms. The number of para-hydroxylation sites is 2. The zero-order valence-corrected chi connectivity index (χ0v) is 20.0. The van der Waals surface area contributed by atoms with Gasteiger partial charge < -0.3 is 10.1 Å². The molecule has 0 saturated carbocycles. The Morgan fingerprint density at radius 2 is 2.00 bits per heavy atom. The summed E-state index contributed by atoms with van der Waals surface area (Å²) >= 11 is 8.85. The fourth-order valence-corrected chi connectivity index (χ4v) is 5.35. The van der Waals surface area contributed by atoms with Crippen molar-refractivity contribution in [3.63, 3.8) is 0 Å². The quantitative estimate of drug-likeness (QED) is 0.290. The Balaban J connectivity index is 1.70. The predicted octanol–water partition coefficient (Wildman–Crippen LogP) is 5.46. The number of hydrogen-bond acceptors (Lipinski definition) is 6. The second-order valence-corrected chi connectivity index (χ2v) is 9.60. The van der Waals surface area contributed by atoms with Gasteiger partial charge in [0.05, 0.1) is 29.6 Å². The zero-order valence-electron chi connectivity index (χ0n) is 17.6. The first-order valence-electron chi connectivity index (χ1n) is 9.73. The van der Waals surface area contributed by atoms with Crippen molar-refractivity contribution in [2.24, 2.45) is 0 Å². The number of nitrogens with one attached hydrogen (secondary N) is 1. The van der Waals surface area contributed by atoms with E-state index in [1.54, 1.807) is 43.5 Å². The number of rotatable bonds is 6. The summed E-state index contributed by atoms with van der Waals surface area (Å²) in [5.41, 5.74) is 1.93. The molecule has 2 heterocycles. The summed E-state index contributed by atoms with van der Waals surface area (Å²) in [7, 11) is 1.55. The monoisotopic (exact) mass is 485 g/mol. The molecule has 4 rings (SSSR count). The summed E-state index contributed by atoms with van der Waals surface area (Å²) in [6.07, 6.45) is 0. The molecule has 32 heavy (non-hydrogen) atoms. The number of methoxy groups -OCH3 is 1. The molecule has 6 nitrogen and oxygen atoms in total. The molecule has 1 N–H and O–H groups in total. The highest BCUT2D eigenvalue weighted by atomic mass is 35.5. The number of thiophene rings is 1. The third-order valence-corrected chi connectivity index (χ3v) is 7.23. The van der Waals surface area contributed by atoms with Crippen LogP contribution in [0.2, 0.25) is 5.02 Å². The summed E-state index contributed by atoms with van der Waals surface area (Å²) in [5.74, 6) is 0.413. The summed E-state index contributed by atoms with van der Waals surface area (Å²) in [6.45, 7) is 3.89. The topological polar surface area (TPSA) is 73.2 Å². The van der Waals surface area contributed by atoms with Gasteiger partial charge in [0, 0.05) is 9.90 Å². The molecule has 1 amide bonds. The molecule has 0 aliphatic carbocycles. The maximum Gasteiger partial charge on any atom is 0.267 e. The molecule has 0 spiro atoms. The summed E-state index contributed by atoms with van der Waals surface area (Å²) in [6, 6.07) is 14.2. The minimum absolute atomic E-state index is 0.0693. The number of hydrogen-bond donors (Lipinski definition) is 1. The van der Waals surface area contributed by atoms with E-state index in [9.17, 15) is 9.59 Å². The van der Waals surface area contributed by atoms with Crippen molar-refractivity contribution in [3.05, 3.63) is 74.3 Å². The highest BCUT2D eigenvalue weighted by Crippen LogP contribution is 2.30. The van der Waals surface area contributed by atoms with Gasteiger partial charge >= 0.3 is 0 Å². The molecule has 2 aromatic carbocycles. The van der Waals surface area contributed by atoms with Crippen LogP contribution in [0.5, 0.6) is 5.75 Å². The molecule has 0 aliphatic rings. The Kier molecular flexibility index (Phi) is 6.55. The van der Waals surface area contributed by atoms with Gasteiger partial charge in [-0.2, -0.15) is 0 Å². The van der Waals surface area contributed by atoms with Crippen LogP contribution >= 0.6 is 34.7 Å². The van der Waals surface area contributed by atoms with E-state index in [0.717, 1.165) is 10.4 Å². The van der Waals surface area contributed by atoms with E-state index in [-0.39, 0.29) is 17.2 Å². The van der Waals surface area contributed by atoms with Crippen molar-refractivity contribution in [2.45, 2.75) is 19.0 Å². The van der Waals surface area contributed by atoms with E-state index in [2.05, 4.69) is 5.32 Å². The van der Waals surface area contributed by atoms with E-state index in [1.165, 1.54) is 27.7 Å². The van der Waals surface area contributed by atoms with Gasteiger partial charge in [-0.25, -0.2) is 4.98 Å². The van der Waals surface area contributed by atoms with E-state index in [4.69, 9.17) is 21.3 Å². The van der Waals surface area contributed by atoms with Crippen molar-refractivity contribution >= 4 is 56.5 Å². The van der Waals surface area contributed by atoms with E-state index >= 15 is 0 Å². The summed E-state index contributed by atoms with van der Waals surface area (Å²) in [5, 5.41) is 4.38. The van der Waals surface area contributed by atoms with Crippen molar-refractivity contribution < 1.29 is 9.53 Å². The van der Waals surface area contributed by atoms with Crippen LogP contribution in [-0.2, 0) is 4.79 Å². The zero-order chi connectivity index (χ0) is 22.8. The maximum atomic E-state index is 13.5. The summed E-state index contributed by atoms with van der Waals surface area (Å²) in [4.78, 5) is 32.5. The van der Waals surface area contributed by atoms with Crippen LogP contribution in [0.3, 0.4) is 0 Å². The Morgan fingerprint density at radius 3 is 2.75 bits per heavy atom. The van der Waals surface area contributed by atoms with Crippen LogP contribution in [-0.4, -0.2) is 28.3 Å².